The molecule has 0 aliphatic rings. The molecule has 0 aliphatic heterocycles. The van der Waals surface area contributed by atoms with Gasteiger partial charge in [-0.3, -0.25) is 9.59 Å². The van der Waals surface area contributed by atoms with Crippen molar-refractivity contribution in [3.63, 3.8) is 0 Å². The summed E-state index contributed by atoms with van der Waals surface area (Å²) in [7, 11) is 0. The zero-order valence-electron chi connectivity index (χ0n) is 16.2. The fraction of sp³-hybridized carbons (Fsp3) is 0.174. The molecule has 0 spiro atoms. The number of carbonyl (C=O) groups excluding carboxylic acids is 2. The maximum atomic E-state index is 11.8. The molecule has 6 nitrogen and oxygen atoms in total. The van der Waals surface area contributed by atoms with Crippen LogP contribution in [-0.2, 0) is 16.2 Å². The zero-order chi connectivity index (χ0) is 20.5. The van der Waals surface area contributed by atoms with E-state index in [9.17, 15) is 9.59 Å². The fourth-order valence-electron chi connectivity index (χ4n) is 2.79. The molecule has 2 N–H and O–H groups in total. The Labute approximate surface area is 169 Å². The first-order chi connectivity index (χ1) is 14.2. The van der Waals surface area contributed by atoms with Gasteiger partial charge in [0.1, 0.15) is 12.4 Å². The third kappa shape index (κ3) is 5.42. The molecule has 0 saturated carbocycles. The number of carbonyl (C=O) groups is 2. The van der Waals surface area contributed by atoms with Gasteiger partial charge in [0, 0.05) is 12.1 Å². The van der Waals surface area contributed by atoms with Crippen LogP contribution in [0.2, 0.25) is 0 Å². The summed E-state index contributed by atoms with van der Waals surface area (Å²) in [6.45, 7) is 2.76. The molecule has 148 valence electrons. The zero-order valence-corrected chi connectivity index (χ0v) is 16.2. The SMILES string of the molecule is CCCNC(=O)C(=O)N/N=C\c1c(OCc2ccccc2)ccc2ccccc12. The average molecular weight is 389 g/mol. The Hall–Kier alpha value is -3.67. The van der Waals surface area contributed by atoms with Gasteiger partial charge in [-0.25, -0.2) is 5.43 Å². The third-order valence-electron chi connectivity index (χ3n) is 4.27. The van der Waals surface area contributed by atoms with Crippen LogP contribution in [0.15, 0.2) is 71.8 Å². The quantitative estimate of drug-likeness (QED) is 0.369. The molecule has 0 bridgehead atoms. The number of rotatable bonds is 7. The van der Waals surface area contributed by atoms with Crippen LogP contribution in [0.25, 0.3) is 10.8 Å². The van der Waals surface area contributed by atoms with E-state index in [0.717, 1.165) is 28.3 Å². The van der Waals surface area contributed by atoms with Gasteiger partial charge in [0.2, 0.25) is 0 Å². The van der Waals surface area contributed by atoms with Crippen LogP contribution >= 0.6 is 0 Å². The van der Waals surface area contributed by atoms with Crippen LogP contribution in [0.1, 0.15) is 24.5 Å². The van der Waals surface area contributed by atoms with Crippen molar-refractivity contribution < 1.29 is 14.3 Å². The second-order valence-electron chi connectivity index (χ2n) is 6.43. The largest absolute Gasteiger partial charge is 0.488 e. The topological polar surface area (TPSA) is 79.8 Å². The minimum atomic E-state index is -0.804. The summed E-state index contributed by atoms with van der Waals surface area (Å²) in [5.74, 6) is -0.870. The average Bonchev–Trinajstić information content (AvgIpc) is 2.77. The third-order valence-corrected chi connectivity index (χ3v) is 4.27. The van der Waals surface area contributed by atoms with Gasteiger partial charge in [0.15, 0.2) is 0 Å². The van der Waals surface area contributed by atoms with Crippen molar-refractivity contribution in [3.8, 4) is 5.75 Å². The molecule has 0 aliphatic carbocycles. The van der Waals surface area contributed by atoms with Gasteiger partial charge in [0.05, 0.1) is 6.21 Å². The van der Waals surface area contributed by atoms with E-state index in [1.165, 1.54) is 6.21 Å². The first-order valence-electron chi connectivity index (χ1n) is 9.48. The minimum Gasteiger partial charge on any atom is -0.488 e. The molecular formula is C23H23N3O3. The van der Waals surface area contributed by atoms with Gasteiger partial charge < -0.3 is 10.1 Å². The van der Waals surface area contributed by atoms with Crippen molar-refractivity contribution in [1.82, 2.24) is 10.7 Å². The van der Waals surface area contributed by atoms with Crippen LogP contribution in [0.3, 0.4) is 0 Å². The number of hydrogen-bond donors (Lipinski definition) is 2. The van der Waals surface area contributed by atoms with Crippen molar-refractivity contribution in [2.24, 2.45) is 5.10 Å². The van der Waals surface area contributed by atoms with Crippen LogP contribution in [0.4, 0.5) is 0 Å². The number of fused-ring (bicyclic) bond motifs is 1. The van der Waals surface area contributed by atoms with Crippen LogP contribution in [0.5, 0.6) is 5.75 Å². The molecular weight excluding hydrogens is 366 g/mol. The molecule has 0 radical (unpaired) electrons. The lowest BCUT2D eigenvalue weighted by atomic mass is 10.0. The number of nitrogens with zero attached hydrogens (tertiary/aromatic N) is 1. The van der Waals surface area contributed by atoms with Crippen molar-refractivity contribution >= 4 is 28.8 Å². The number of benzene rings is 3. The van der Waals surface area contributed by atoms with Crippen molar-refractivity contribution in [1.29, 1.82) is 0 Å². The number of amides is 2. The second kappa shape index (κ2) is 10.0. The molecule has 3 aromatic rings. The van der Waals surface area contributed by atoms with Crippen molar-refractivity contribution in [3.05, 3.63) is 77.9 Å². The summed E-state index contributed by atoms with van der Waals surface area (Å²) in [6.07, 6.45) is 2.26. The van der Waals surface area contributed by atoms with Crippen molar-refractivity contribution in [2.75, 3.05) is 6.54 Å². The molecule has 0 unspecified atom stereocenters. The lowest BCUT2D eigenvalue weighted by Crippen LogP contribution is -2.38. The summed E-state index contributed by atoms with van der Waals surface area (Å²) in [5.41, 5.74) is 4.04. The monoisotopic (exact) mass is 389 g/mol. The second-order valence-corrected chi connectivity index (χ2v) is 6.43. The number of hydrogen-bond acceptors (Lipinski definition) is 4. The molecule has 0 fully saturated rings. The molecule has 0 aromatic heterocycles. The Balaban J connectivity index is 1.80. The van der Waals surface area contributed by atoms with Gasteiger partial charge in [0.25, 0.3) is 0 Å². The van der Waals surface area contributed by atoms with Gasteiger partial charge in [-0.05, 0) is 28.8 Å². The summed E-state index contributed by atoms with van der Waals surface area (Å²) in [6, 6.07) is 21.5. The smallest absolute Gasteiger partial charge is 0.329 e. The van der Waals surface area contributed by atoms with E-state index in [0.29, 0.717) is 18.9 Å². The molecule has 3 aromatic carbocycles. The number of nitrogens with one attached hydrogen (secondary N) is 2. The Morgan fingerprint density at radius 1 is 0.966 bits per heavy atom. The maximum absolute atomic E-state index is 11.8. The molecule has 0 saturated heterocycles. The predicted molar refractivity (Wildman–Crippen MR) is 114 cm³/mol. The summed E-state index contributed by atoms with van der Waals surface area (Å²) in [5, 5.41) is 8.44. The Bertz CT molecular complexity index is 1020. The van der Waals surface area contributed by atoms with E-state index >= 15 is 0 Å². The standard InChI is InChI=1S/C23H23N3O3/c1-2-14-24-22(27)23(28)26-25-15-20-19-11-7-6-10-18(19)12-13-21(20)29-16-17-8-4-3-5-9-17/h3-13,15H,2,14,16H2,1H3,(H,24,27)(H,26,28)/b25-15-. The minimum absolute atomic E-state index is 0.409. The Morgan fingerprint density at radius 2 is 1.72 bits per heavy atom. The summed E-state index contributed by atoms with van der Waals surface area (Å²) < 4.78 is 6.01. The number of ether oxygens (including phenoxy) is 1. The van der Waals surface area contributed by atoms with Gasteiger partial charge >= 0.3 is 11.8 Å². The van der Waals surface area contributed by atoms with Crippen LogP contribution in [-0.4, -0.2) is 24.6 Å². The van der Waals surface area contributed by atoms with Crippen LogP contribution < -0.4 is 15.5 Å². The number of hydrazone groups is 1. The molecule has 0 heterocycles. The summed E-state index contributed by atoms with van der Waals surface area (Å²) in [4.78, 5) is 23.5. The lowest BCUT2D eigenvalue weighted by molar-refractivity contribution is -0.139. The highest BCUT2D eigenvalue weighted by atomic mass is 16.5. The van der Waals surface area contributed by atoms with E-state index in [1.807, 2.05) is 73.7 Å². The van der Waals surface area contributed by atoms with E-state index < -0.39 is 11.8 Å². The fourth-order valence-corrected chi connectivity index (χ4v) is 2.79. The highest BCUT2D eigenvalue weighted by Gasteiger charge is 2.12. The maximum Gasteiger partial charge on any atom is 0.329 e. The van der Waals surface area contributed by atoms with E-state index in [1.54, 1.807) is 0 Å². The molecule has 0 atom stereocenters. The highest BCUT2D eigenvalue weighted by Crippen LogP contribution is 2.27. The van der Waals surface area contributed by atoms with E-state index in [-0.39, 0.29) is 0 Å². The first-order valence-corrected chi connectivity index (χ1v) is 9.48. The Kier molecular flexibility index (Phi) is 6.95. The normalized spacial score (nSPS) is 10.8. The summed E-state index contributed by atoms with van der Waals surface area (Å²) >= 11 is 0. The molecule has 29 heavy (non-hydrogen) atoms. The molecule has 3 rings (SSSR count). The Morgan fingerprint density at radius 3 is 2.52 bits per heavy atom. The first kappa shape index (κ1) is 20.1. The molecule has 2 amide bonds. The van der Waals surface area contributed by atoms with Crippen molar-refractivity contribution in [2.45, 2.75) is 20.0 Å². The predicted octanol–water partition coefficient (Wildman–Crippen LogP) is 3.40. The van der Waals surface area contributed by atoms with Gasteiger partial charge in [-0.1, -0.05) is 67.6 Å². The van der Waals surface area contributed by atoms with Gasteiger partial charge in [-0.15, -0.1) is 0 Å². The lowest BCUT2D eigenvalue weighted by Gasteiger charge is -2.12. The highest BCUT2D eigenvalue weighted by molar-refractivity contribution is 6.35. The van der Waals surface area contributed by atoms with Gasteiger partial charge in [-0.2, -0.15) is 5.10 Å². The van der Waals surface area contributed by atoms with E-state index in [2.05, 4.69) is 15.8 Å². The van der Waals surface area contributed by atoms with Crippen LogP contribution in [0, 0.1) is 0 Å². The van der Waals surface area contributed by atoms with E-state index in [4.69, 9.17) is 4.74 Å². The molecule has 6 heteroatoms.